The lowest BCUT2D eigenvalue weighted by Gasteiger charge is -2.32. The van der Waals surface area contributed by atoms with Crippen molar-refractivity contribution in [2.24, 2.45) is 0 Å². The van der Waals surface area contributed by atoms with Crippen LogP contribution in [-0.4, -0.2) is 19.0 Å². The van der Waals surface area contributed by atoms with Gasteiger partial charge in [-0.1, -0.05) is 11.6 Å². The Morgan fingerprint density at radius 1 is 1.19 bits per heavy atom. The quantitative estimate of drug-likeness (QED) is 0.747. The van der Waals surface area contributed by atoms with Crippen molar-refractivity contribution >= 4 is 5.57 Å². The molecule has 1 nitrogen and oxygen atoms in total. The maximum absolute atomic E-state index is 12.9. The molecule has 16 heavy (non-hydrogen) atoms. The molecule has 1 aliphatic heterocycles. The second-order valence-electron chi connectivity index (χ2n) is 4.26. The summed E-state index contributed by atoms with van der Waals surface area (Å²) < 4.78 is 31.2. The highest BCUT2D eigenvalue weighted by atomic mass is 19.1. The largest absolute Gasteiger partial charge is 0.477 e. The van der Waals surface area contributed by atoms with Gasteiger partial charge in [-0.25, -0.2) is 8.78 Å². The van der Waals surface area contributed by atoms with Crippen molar-refractivity contribution in [3.63, 3.8) is 0 Å². The number of fused-ring (bicyclic) bond motifs is 1. The molecule has 0 aliphatic carbocycles. The Hall–Kier alpha value is -1.38. The van der Waals surface area contributed by atoms with Gasteiger partial charge in [-0.2, -0.15) is 0 Å². The van der Waals surface area contributed by atoms with Crippen molar-refractivity contribution in [2.75, 3.05) is 13.3 Å². The van der Waals surface area contributed by atoms with Gasteiger partial charge < -0.3 is 4.74 Å². The van der Waals surface area contributed by atoms with Crippen LogP contribution in [0.4, 0.5) is 8.78 Å². The van der Waals surface area contributed by atoms with Gasteiger partial charge in [-0.15, -0.1) is 0 Å². The van der Waals surface area contributed by atoms with Gasteiger partial charge in [0.1, 0.15) is 19.1 Å². The fourth-order valence-corrected chi connectivity index (χ4v) is 1.93. The summed E-state index contributed by atoms with van der Waals surface area (Å²) in [7, 11) is 0. The summed E-state index contributed by atoms with van der Waals surface area (Å²) in [4.78, 5) is 0. The van der Waals surface area contributed by atoms with Gasteiger partial charge in [0.2, 0.25) is 0 Å². The molecule has 0 N–H and O–H groups in total. The number of ether oxygens (including phenoxy) is 1. The topological polar surface area (TPSA) is 9.23 Å². The van der Waals surface area contributed by atoms with E-state index >= 15 is 0 Å². The van der Waals surface area contributed by atoms with Crippen LogP contribution in [0, 0.1) is 6.92 Å². The van der Waals surface area contributed by atoms with Gasteiger partial charge >= 0.3 is 0 Å². The number of hydrogen-bond donors (Lipinski definition) is 0. The highest BCUT2D eigenvalue weighted by Gasteiger charge is 2.35. The van der Waals surface area contributed by atoms with Gasteiger partial charge in [-0.3, -0.25) is 0 Å². The van der Waals surface area contributed by atoms with E-state index in [9.17, 15) is 8.78 Å². The predicted octanol–water partition coefficient (Wildman–Crippen LogP) is 3.47. The molecule has 1 aromatic carbocycles. The number of rotatable bonds is 2. The summed E-state index contributed by atoms with van der Waals surface area (Å²) in [5, 5.41) is 0. The second kappa shape index (κ2) is 3.89. The second-order valence-corrected chi connectivity index (χ2v) is 4.26. The van der Waals surface area contributed by atoms with E-state index in [0.717, 1.165) is 16.7 Å². The molecule has 3 heteroatoms. The van der Waals surface area contributed by atoms with Crippen LogP contribution in [-0.2, 0) is 0 Å². The van der Waals surface area contributed by atoms with Crippen molar-refractivity contribution in [1.29, 1.82) is 0 Å². The Balaban J connectivity index is 2.50. The zero-order chi connectivity index (χ0) is 11.8. The Kier molecular flexibility index (Phi) is 2.70. The molecular weight excluding hydrogens is 210 g/mol. The maximum atomic E-state index is 12.9. The van der Waals surface area contributed by atoms with Gasteiger partial charge in [-0.05, 0) is 37.6 Å². The zero-order valence-electron chi connectivity index (χ0n) is 9.39. The molecule has 0 aromatic heterocycles. The van der Waals surface area contributed by atoms with Crippen LogP contribution < -0.4 is 4.74 Å². The standard InChI is InChI=1S/C13H14F2O/c1-9-3-4-12-11(5-9)10(2)6-13(7-14,8-15)16-12/h3-6H,7-8H2,1-2H3. The van der Waals surface area contributed by atoms with E-state index in [-0.39, 0.29) is 0 Å². The third-order valence-electron chi connectivity index (χ3n) is 2.81. The van der Waals surface area contributed by atoms with Gasteiger partial charge in [0.25, 0.3) is 0 Å². The molecule has 0 amide bonds. The summed E-state index contributed by atoms with van der Waals surface area (Å²) in [5.74, 6) is 0.556. The molecule has 2 rings (SSSR count). The van der Waals surface area contributed by atoms with Crippen LogP contribution >= 0.6 is 0 Å². The van der Waals surface area contributed by atoms with E-state index in [4.69, 9.17) is 4.74 Å². The molecule has 0 saturated heterocycles. The first-order chi connectivity index (χ1) is 7.60. The molecule has 0 radical (unpaired) electrons. The zero-order valence-corrected chi connectivity index (χ0v) is 9.39. The number of benzene rings is 1. The highest BCUT2D eigenvalue weighted by Crippen LogP contribution is 2.36. The molecule has 0 unspecified atom stereocenters. The van der Waals surface area contributed by atoms with E-state index in [1.165, 1.54) is 6.08 Å². The van der Waals surface area contributed by atoms with Crippen molar-refractivity contribution in [2.45, 2.75) is 19.4 Å². The third-order valence-corrected chi connectivity index (χ3v) is 2.81. The molecular formula is C13H14F2O. The van der Waals surface area contributed by atoms with E-state index in [2.05, 4.69) is 0 Å². The van der Waals surface area contributed by atoms with Crippen molar-refractivity contribution < 1.29 is 13.5 Å². The molecule has 0 atom stereocenters. The fourth-order valence-electron chi connectivity index (χ4n) is 1.93. The molecule has 0 bridgehead atoms. The number of aryl methyl sites for hydroxylation is 1. The number of halogens is 2. The van der Waals surface area contributed by atoms with Gasteiger partial charge in [0.05, 0.1) is 0 Å². The molecule has 0 spiro atoms. The number of hydrogen-bond acceptors (Lipinski definition) is 1. The molecule has 1 heterocycles. The minimum atomic E-state index is -1.42. The molecule has 1 aromatic rings. The van der Waals surface area contributed by atoms with Crippen molar-refractivity contribution in [3.8, 4) is 5.75 Å². The number of allylic oxidation sites excluding steroid dienone is 1. The van der Waals surface area contributed by atoms with Crippen LogP contribution in [0.1, 0.15) is 18.1 Å². The molecule has 0 fully saturated rings. The van der Waals surface area contributed by atoms with E-state index in [1.54, 1.807) is 6.07 Å². The smallest absolute Gasteiger partial charge is 0.184 e. The molecule has 0 saturated carbocycles. The Labute approximate surface area is 93.7 Å². The fraction of sp³-hybridized carbons (Fsp3) is 0.385. The lowest BCUT2D eigenvalue weighted by Crippen LogP contribution is -2.41. The van der Waals surface area contributed by atoms with Crippen LogP contribution in [0.5, 0.6) is 5.75 Å². The average molecular weight is 224 g/mol. The number of alkyl halides is 2. The first-order valence-corrected chi connectivity index (χ1v) is 5.22. The Morgan fingerprint density at radius 3 is 2.50 bits per heavy atom. The monoisotopic (exact) mass is 224 g/mol. The van der Waals surface area contributed by atoms with Crippen LogP contribution in [0.25, 0.3) is 5.57 Å². The summed E-state index contributed by atoms with van der Waals surface area (Å²) in [6.45, 7) is 2.11. The third kappa shape index (κ3) is 1.70. The summed E-state index contributed by atoms with van der Waals surface area (Å²) in [5.41, 5.74) is 1.45. The summed E-state index contributed by atoms with van der Waals surface area (Å²) in [6.07, 6.45) is 1.54. The minimum Gasteiger partial charge on any atom is -0.477 e. The predicted molar refractivity (Wildman–Crippen MR) is 60.1 cm³/mol. The maximum Gasteiger partial charge on any atom is 0.184 e. The Bertz CT molecular complexity index is 434. The van der Waals surface area contributed by atoms with E-state index in [1.807, 2.05) is 26.0 Å². The van der Waals surface area contributed by atoms with Crippen LogP contribution in [0.2, 0.25) is 0 Å². The Morgan fingerprint density at radius 2 is 1.88 bits per heavy atom. The lowest BCUT2D eigenvalue weighted by atomic mass is 9.94. The first-order valence-electron chi connectivity index (χ1n) is 5.22. The van der Waals surface area contributed by atoms with Crippen molar-refractivity contribution in [3.05, 3.63) is 35.4 Å². The van der Waals surface area contributed by atoms with Gasteiger partial charge in [0.15, 0.2) is 5.60 Å². The molecule has 86 valence electrons. The first kappa shape index (κ1) is 11.1. The van der Waals surface area contributed by atoms with Crippen LogP contribution in [0.15, 0.2) is 24.3 Å². The average Bonchev–Trinajstić information content (AvgIpc) is 2.30. The van der Waals surface area contributed by atoms with E-state index in [0.29, 0.717) is 5.75 Å². The highest BCUT2D eigenvalue weighted by molar-refractivity contribution is 5.72. The summed E-state index contributed by atoms with van der Waals surface area (Å²) in [6, 6.07) is 5.60. The van der Waals surface area contributed by atoms with E-state index < -0.39 is 19.0 Å². The normalized spacial score (nSPS) is 17.4. The van der Waals surface area contributed by atoms with Crippen LogP contribution in [0.3, 0.4) is 0 Å². The van der Waals surface area contributed by atoms with Crippen molar-refractivity contribution in [1.82, 2.24) is 0 Å². The minimum absolute atomic E-state index is 0.556. The summed E-state index contributed by atoms with van der Waals surface area (Å²) >= 11 is 0. The lowest BCUT2D eigenvalue weighted by molar-refractivity contribution is 0.0592. The van der Waals surface area contributed by atoms with Gasteiger partial charge in [0, 0.05) is 5.56 Å². The molecule has 1 aliphatic rings. The SMILES string of the molecule is CC1=CC(CF)(CF)Oc2ccc(C)cc21.